The number of ether oxygens (including phenoxy) is 3. The third kappa shape index (κ3) is 5.80. The van der Waals surface area contributed by atoms with Gasteiger partial charge in [0, 0.05) is 45.6 Å². The van der Waals surface area contributed by atoms with Crippen molar-refractivity contribution in [3.05, 3.63) is 64.8 Å². The number of halogens is 2. The van der Waals surface area contributed by atoms with Gasteiger partial charge in [0.15, 0.2) is 0 Å². The first kappa shape index (κ1) is 26.7. The van der Waals surface area contributed by atoms with Crippen LogP contribution in [0.25, 0.3) is 0 Å². The molecule has 0 saturated heterocycles. The smallest absolute Gasteiger partial charge is 0.270 e. The molecular formula is C26H27F2N5O5. The number of rotatable bonds is 11. The average molecular weight is 528 g/mol. The van der Waals surface area contributed by atoms with E-state index in [0.29, 0.717) is 48.7 Å². The normalized spacial score (nSPS) is 12.5. The van der Waals surface area contributed by atoms with Crippen LogP contribution in [0.2, 0.25) is 0 Å². The molecule has 2 heterocycles. The van der Waals surface area contributed by atoms with Crippen molar-refractivity contribution in [1.29, 1.82) is 0 Å². The third-order valence-electron chi connectivity index (χ3n) is 5.82. The number of aromatic nitrogens is 2. The molecule has 0 bridgehead atoms. The first-order valence-corrected chi connectivity index (χ1v) is 11.7. The molecule has 10 nitrogen and oxygen atoms in total. The highest BCUT2D eigenvalue weighted by Crippen LogP contribution is 2.37. The zero-order valence-electron chi connectivity index (χ0n) is 21.1. The molecule has 0 aliphatic carbocycles. The van der Waals surface area contributed by atoms with Crippen LogP contribution < -0.4 is 20.1 Å². The number of benzene rings is 2. The number of anilines is 2. The van der Waals surface area contributed by atoms with Crippen LogP contribution in [0.3, 0.4) is 0 Å². The molecule has 12 heteroatoms. The fourth-order valence-electron chi connectivity index (χ4n) is 3.90. The Morgan fingerprint density at radius 2 is 2.00 bits per heavy atom. The maximum atomic E-state index is 13.8. The van der Waals surface area contributed by atoms with Crippen LogP contribution in [0.15, 0.2) is 42.6 Å². The van der Waals surface area contributed by atoms with Gasteiger partial charge in [-0.2, -0.15) is 4.98 Å². The maximum Gasteiger partial charge on any atom is 0.270 e. The number of hydrogen-bond donors (Lipinski definition) is 2. The zero-order chi connectivity index (χ0) is 27.2. The van der Waals surface area contributed by atoms with Crippen molar-refractivity contribution >= 4 is 23.5 Å². The van der Waals surface area contributed by atoms with Crippen molar-refractivity contribution in [2.24, 2.45) is 0 Å². The van der Waals surface area contributed by atoms with Crippen molar-refractivity contribution in [3.63, 3.8) is 0 Å². The lowest BCUT2D eigenvalue weighted by molar-refractivity contribution is 0.0814. The van der Waals surface area contributed by atoms with Crippen LogP contribution in [0.1, 0.15) is 44.7 Å². The number of methoxy groups -OCH3 is 2. The third-order valence-corrected chi connectivity index (χ3v) is 5.82. The van der Waals surface area contributed by atoms with E-state index in [1.54, 1.807) is 38.4 Å². The highest BCUT2D eigenvalue weighted by molar-refractivity contribution is 6.01. The Balaban J connectivity index is 1.58. The number of hydrogen-bond acceptors (Lipinski definition) is 8. The summed E-state index contributed by atoms with van der Waals surface area (Å²) >= 11 is 0. The number of nitrogens with one attached hydrogen (secondary N) is 2. The highest BCUT2D eigenvalue weighted by Gasteiger charge is 2.29. The van der Waals surface area contributed by atoms with Crippen molar-refractivity contribution < 1.29 is 32.6 Å². The van der Waals surface area contributed by atoms with Gasteiger partial charge in [-0.15, -0.1) is 0 Å². The van der Waals surface area contributed by atoms with Gasteiger partial charge in [0.05, 0.1) is 23.9 Å². The van der Waals surface area contributed by atoms with Gasteiger partial charge in [0.2, 0.25) is 11.8 Å². The van der Waals surface area contributed by atoms with Crippen LogP contribution in [0.5, 0.6) is 17.4 Å². The molecule has 0 radical (unpaired) electrons. The van der Waals surface area contributed by atoms with E-state index in [4.69, 9.17) is 14.2 Å². The van der Waals surface area contributed by atoms with E-state index in [0.717, 1.165) is 11.8 Å². The first-order chi connectivity index (χ1) is 18.3. The molecule has 38 heavy (non-hydrogen) atoms. The van der Waals surface area contributed by atoms with E-state index in [9.17, 15) is 18.4 Å². The quantitative estimate of drug-likeness (QED) is 0.355. The minimum Gasteiger partial charge on any atom is -0.495 e. The first-order valence-electron chi connectivity index (χ1n) is 11.7. The summed E-state index contributed by atoms with van der Waals surface area (Å²) in [7, 11) is 4.67. The molecule has 1 aliphatic heterocycles. The number of alkyl halides is 2. The summed E-state index contributed by atoms with van der Waals surface area (Å²) in [6.45, 7) is 1.38. The Morgan fingerprint density at radius 1 is 1.18 bits per heavy atom. The van der Waals surface area contributed by atoms with Gasteiger partial charge in [-0.05, 0) is 36.2 Å². The predicted octanol–water partition coefficient (Wildman–Crippen LogP) is 4.31. The van der Waals surface area contributed by atoms with Gasteiger partial charge in [0.25, 0.3) is 18.2 Å². The van der Waals surface area contributed by atoms with Crippen molar-refractivity contribution in [1.82, 2.24) is 20.2 Å². The minimum absolute atomic E-state index is 0.0458. The Labute approximate surface area is 217 Å². The summed E-state index contributed by atoms with van der Waals surface area (Å²) in [6.07, 6.45) is -1.28. The number of fused-ring (bicyclic) bond motifs is 1. The summed E-state index contributed by atoms with van der Waals surface area (Å²) in [4.78, 5) is 34.6. The second kappa shape index (κ2) is 11.8. The summed E-state index contributed by atoms with van der Waals surface area (Å²) in [6, 6.07) is 9.70. The van der Waals surface area contributed by atoms with E-state index in [-0.39, 0.29) is 29.4 Å². The molecule has 0 unspecified atom stereocenters. The molecule has 3 aromatic rings. The maximum absolute atomic E-state index is 13.8. The Kier molecular flexibility index (Phi) is 8.31. The second-order valence-electron chi connectivity index (χ2n) is 8.45. The Hall–Kier alpha value is -4.32. The SMILES string of the molecule is COCCCNC(=O)c1ccc(Nc2ncc(C(F)F)c(Oc3cccc4c3C(=O)N(C)C4)n2)c(OC)c1. The summed E-state index contributed by atoms with van der Waals surface area (Å²) in [5.41, 5.74) is 1.28. The van der Waals surface area contributed by atoms with E-state index < -0.39 is 12.0 Å². The van der Waals surface area contributed by atoms with Crippen LogP contribution in [0, 0.1) is 0 Å². The molecule has 2 aromatic carbocycles. The molecule has 0 spiro atoms. The summed E-state index contributed by atoms with van der Waals surface area (Å²) in [5, 5.41) is 5.71. The molecule has 1 aromatic heterocycles. The monoisotopic (exact) mass is 527 g/mol. The topological polar surface area (TPSA) is 115 Å². The largest absolute Gasteiger partial charge is 0.495 e. The van der Waals surface area contributed by atoms with E-state index in [2.05, 4.69) is 20.6 Å². The molecule has 0 fully saturated rings. The fourth-order valence-corrected chi connectivity index (χ4v) is 3.90. The number of carbonyl (C=O) groups is 2. The highest BCUT2D eigenvalue weighted by atomic mass is 19.3. The molecule has 1 aliphatic rings. The van der Waals surface area contributed by atoms with E-state index in [1.165, 1.54) is 24.1 Å². The van der Waals surface area contributed by atoms with Gasteiger partial charge in [-0.1, -0.05) is 12.1 Å². The molecule has 0 saturated carbocycles. The molecule has 2 N–H and O–H groups in total. The lowest BCUT2D eigenvalue weighted by Crippen LogP contribution is -2.25. The molecule has 0 atom stereocenters. The number of carbonyl (C=O) groups excluding carboxylic acids is 2. The van der Waals surface area contributed by atoms with Crippen LogP contribution in [-0.2, 0) is 11.3 Å². The number of nitrogens with zero attached hydrogens (tertiary/aromatic N) is 3. The van der Waals surface area contributed by atoms with Gasteiger partial charge in [-0.3, -0.25) is 9.59 Å². The van der Waals surface area contributed by atoms with Gasteiger partial charge in [-0.25, -0.2) is 13.8 Å². The van der Waals surface area contributed by atoms with Crippen molar-refractivity contribution in [2.45, 2.75) is 19.4 Å². The summed E-state index contributed by atoms with van der Waals surface area (Å²) in [5.74, 6) is -0.548. The van der Waals surface area contributed by atoms with Crippen molar-refractivity contribution in [2.75, 3.05) is 39.7 Å². The van der Waals surface area contributed by atoms with Gasteiger partial charge < -0.3 is 29.7 Å². The lowest BCUT2D eigenvalue weighted by Gasteiger charge is -2.15. The van der Waals surface area contributed by atoms with E-state index in [1.807, 2.05) is 0 Å². The van der Waals surface area contributed by atoms with Gasteiger partial charge in [0.1, 0.15) is 11.5 Å². The zero-order valence-corrected chi connectivity index (χ0v) is 21.1. The van der Waals surface area contributed by atoms with Crippen LogP contribution >= 0.6 is 0 Å². The summed E-state index contributed by atoms with van der Waals surface area (Å²) < 4.78 is 43.6. The van der Waals surface area contributed by atoms with Crippen LogP contribution in [0.4, 0.5) is 20.4 Å². The van der Waals surface area contributed by atoms with Crippen LogP contribution in [-0.4, -0.2) is 61.1 Å². The van der Waals surface area contributed by atoms with Crippen molar-refractivity contribution in [3.8, 4) is 17.4 Å². The molecule has 2 amide bonds. The van der Waals surface area contributed by atoms with Gasteiger partial charge >= 0.3 is 0 Å². The molecule has 200 valence electrons. The second-order valence-corrected chi connectivity index (χ2v) is 8.45. The standard InChI is InChI=1S/C26H27F2N5O5/c1-33-14-16-6-4-7-19(21(16)25(33)35)38-24-17(22(27)28)13-30-26(32-24)31-18-9-8-15(12-20(18)37-3)23(34)29-10-5-11-36-2/h4,6-9,12-13,22H,5,10-11,14H2,1-3H3,(H,29,34)(H,30,31,32). The molecular weight excluding hydrogens is 500 g/mol. The Bertz CT molecular complexity index is 1340. The predicted molar refractivity (Wildman–Crippen MR) is 134 cm³/mol. The van der Waals surface area contributed by atoms with E-state index >= 15 is 0 Å². The fraction of sp³-hybridized carbons (Fsp3) is 0.308. The lowest BCUT2D eigenvalue weighted by atomic mass is 10.1. The minimum atomic E-state index is -2.91. The molecule has 4 rings (SSSR count). The Morgan fingerprint density at radius 3 is 2.74 bits per heavy atom. The average Bonchev–Trinajstić information content (AvgIpc) is 3.20. The number of amides is 2.